The number of amides is 1. The number of rotatable bonds is 2. The maximum Gasteiger partial charge on any atom is 0.409 e. The summed E-state index contributed by atoms with van der Waals surface area (Å²) in [4.78, 5) is 15.1. The minimum absolute atomic E-state index is 0.0726. The quantitative estimate of drug-likeness (QED) is 0.761. The third-order valence-corrected chi connectivity index (χ3v) is 7.51. The number of aryl methyl sites for hydroxylation is 1. The minimum Gasteiger partial charge on any atom is -0.410 e. The molecule has 1 aromatic heterocycles. The maximum atomic E-state index is 13.8. The normalized spacial score (nSPS) is 30.0. The first-order chi connectivity index (χ1) is 14.0. The molecule has 0 bridgehead atoms. The van der Waals surface area contributed by atoms with E-state index in [0.717, 1.165) is 37.7 Å². The van der Waals surface area contributed by atoms with Gasteiger partial charge in [0.05, 0.1) is 6.20 Å². The van der Waals surface area contributed by atoms with Gasteiger partial charge < -0.3 is 10.5 Å². The van der Waals surface area contributed by atoms with Crippen molar-refractivity contribution in [1.82, 2.24) is 4.98 Å². The van der Waals surface area contributed by atoms with Gasteiger partial charge in [0, 0.05) is 6.20 Å². The predicted octanol–water partition coefficient (Wildman–Crippen LogP) is 5.23. The van der Waals surface area contributed by atoms with Crippen LogP contribution in [0.1, 0.15) is 55.2 Å². The lowest BCUT2D eigenvalue weighted by Gasteiger charge is -2.50. The molecule has 1 fully saturated rings. The first-order valence-electron chi connectivity index (χ1n) is 10.4. The van der Waals surface area contributed by atoms with Crippen molar-refractivity contribution in [2.24, 2.45) is 23.0 Å². The summed E-state index contributed by atoms with van der Waals surface area (Å²) >= 11 is 0. The zero-order valence-corrected chi connectivity index (χ0v) is 16.5. The molecule has 2 N–H and O–H groups in total. The van der Waals surface area contributed by atoms with Gasteiger partial charge in [-0.2, -0.15) is 0 Å². The summed E-state index contributed by atoms with van der Waals surface area (Å²) < 4.78 is 18.9. The number of ether oxygens (including phenoxy) is 1. The lowest BCUT2D eigenvalue weighted by Crippen LogP contribution is -2.40. The van der Waals surface area contributed by atoms with Gasteiger partial charge in [0.15, 0.2) is 0 Å². The van der Waals surface area contributed by atoms with Crippen LogP contribution in [0.3, 0.4) is 0 Å². The van der Waals surface area contributed by atoms with E-state index < -0.39 is 6.09 Å². The van der Waals surface area contributed by atoms with Gasteiger partial charge in [-0.15, -0.1) is 0 Å². The number of hydrogen-bond donors (Lipinski definition) is 1. The summed E-state index contributed by atoms with van der Waals surface area (Å²) in [6, 6.07) is 7.57. The van der Waals surface area contributed by atoms with Crippen molar-refractivity contribution < 1.29 is 13.9 Å². The summed E-state index contributed by atoms with van der Waals surface area (Å²) in [7, 11) is 0. The summed E-state index contributed by atoms with van der Waals surface area (Å²) in [5, 5.41) is 0. The summed E-state index contributed by atoms with van der Waals surface area (Å²) in [6.45, 7) is 2.36. The Morgan fingerprint density at radius 3 is 2.93 bits per heavy atom. The zero-order valence-electron chi connectivity index (χ0n) is 16.5. The number of carbonyl (C=O) groups is 1. The average Bonchev–Trinajstić information content (AvgIpc) is 3.04. The number of nitrogens with two attached hydrogens (primary N) is 1. The van der Waals surface area contributed by atoms with Crippen molar-refractivity contribution in [3.63, 3.8) is 0 Å². The highest BCUT2D eigenvalue weighted by Gasteiger charge is 2.51. The first kappa shape index (κ1) is 18.3. The molecule has 1 amide bonds. The van der Waals surface area contributed by atoms with Crippen molar-refractivity contribution >= 4 is 11.7 Å². The van der Waals surface area contributed by atoms with Crippen LogP contribution < -0.4 is 10.5 Å². The lowest BCUT2D eigenvalue weighted by molar-refractivity contribution is 0.0885. The van der Waals surface area contributed by atoms with Crippen LogP contribution in [0.15, 0.2) is 42.7 Å². The number of nitrogens with zero attached hydrogens (tertiary/aromatic N) is 1. The molecule has 29 heavy (non-hydrogen) atoms. The Hall–Kier alpha value is -2.69. The molecule has 0 saturated heterocycles. The highest BCUT2D eigenvalue weighted by molar-refractivity contribution is 5.72. The van der Waals surface area contributed by atoms with Crippen molar-refractivity contribution in [2.45, 2.75) is 44.9 Å². The van der Waals surface area contributed by atoms with Crippen molar-refractivity contribution in [3.8, 4) is 5.75 Å². The van der Waals surface area contributed by atoms with E-state index in [1.54, 1.807) is 12.3 Å². The van der Waals surface area contributed by atoms with E-state index in [1.807, 2.05) is 12.1 Å². The molecule has 4 atom stereocenters. The van der Waals surface area contributed by atoms with Crippen LogP contribution >= 0.6 is 0 Å². The first-order valence-corrected chi connectivity index (χ1v) is 10.4. The molecule has 3 aliphatic carbocycles. The molecule has 4 nitrogen and oxygen atoms in total. The molecular formula is C24H25FN2O2. The number of primary amides is 1. The van der Waals surface area contributed by atoms with Crippen LogP contribution in [-0.2, 0) is 6.42 Å². The van der Waals surface area contributed by atoms with E-state index in [-0.39, 0.29) is 11.2 Å². The van der Waals surface area contributed by atoms with Crippen LogP contribution in [0.2, 0.25) is 0 Å². The van der Waals surface area contributed by atoms with Crippen LogP contribution in [-0.4, -0.2) is 11.1 Å². The Kier molecular flexibility index (Phi) is 4.23. The minimum atomic E-state index is -0.775. The molecule has 150 valence electrons. The number of pyridine rings is 1. The Morgan fingerprint density at radius 1 is 1.28 bits per heavy atom. The fourth-order valence-corrected chi connectivity index (χ4v) is 6.31. The van der Waals surface area contributed by atoms with Crippen molar-refractivity contribution in [1.29, 1.82) is 0 Å². The molecule has 2 aromatic rings. The van der Waals surface area contributed by atoms with Gasteiger partial charge in [0.2, 0.25) is 0 Å². The van der Waals surface area contributed by atoms with Gasteiger partial charge in [-0.3, -0.25) is 4.98 Å². The van der Waals surface area contributed by atoms with Crippen molar-refractivity contribution in [3.05, 3.63) is 65.2 Å². The molecule has 0 unspecified atom stereocenters. The molecular weight excluding hydrogens is 367 g/mol. The Balaban J connectivity index is 1.43. The van der Waals surface area contributed by atoms with E-state index >= 15 is 0 Å². The van der Waals surface area contributed by atoms with Crippen molar-refractivity contribution in [2.75, 3.05) is 0 Å². The molecule has 5 heteroatoms. The smallest absolute Gasteiger partial charge is 0.409 e. The van der Waals surface area contributed by atoms with Gasteiger partial charge in [0.1, 0.15) is 11.6 Å². The summed E-state index contributed by atoms with van der Waals surface area (Å²) in [5.74, 6) is 1.95. The third kappa shape index (κ3) is 2.95. The number of benzene rings is 1. The standard InChI is InChI=1S/C24H25FN2O2/c1-24-9-8-19-18-5-3-17(29-23(26)28)11-14(18)2-4-20(19)22(24)7-6-21(24)15-10-16(25)13-27-12-15/h3,5-6,10-13,19-20,22H,2,4,7-9H2,1H3,(H2,26,28)/t19-,20-,22+,24-/m1/s1. The maximum absolute atomic E-state index is 13.8. The van der Waals surface area contributed by atoms with Gasteiger partial charge in [0.25, 0.3) is 0 Å². The summed E-state index contributed by atoms with van der Waals surface area (Å²) in [5.41, 5.74) is 10.1. The molecule has 0 spiro atoms. The SMILES string of the molecule is C[C@]12CC[C@@H]3c4ccc(OC(N)=O)cc4CC[C@H]3[C@@H]1CC=C2c1cncc(F)c1. The predicted molar refractivity (Wildman–Crippen MR) is 109 cm³/mol. The Labute approximate surface area is 170 Å². The second kappa shape index (κ2) is 6.68. The number of aromatic nitrogens is 1. The fraction of sp³-hybridized carbons (Fsp3) is 0.417. The summed E-state index contributed by atoms with van der Waals surface area (Å²) in [6.07, 6.45) is 9.96. The monoisotopic (exact) mass is 392 g/mol. The largest absolute Gasteiger partial charge is 0.410 e. The van der Waals surface area contributed by atoms with Crippen LogP contribution in [0.4, 0.5) is 9.18 Å². The lowest BCUT2D eigenvalue weighted by atomic mass is 9.54. The molecule has 3 aliphatic rings. The molecule has 1 heterocycles. The van der Waals surface area contributed by atoms with Gasteiger partial charge in [-0.05, 0) is 95.7 Å². The van der Waals surface area contributed by atoms with Crippen LogP contribution in [0, 0.1) is 23.1 Å². The highest BCUT2D eigenvalue weighted by atomic mass is 19.1. The van der Waals surface area contributed by atoms with Crippen LogP contribution in [0.25, 0.3) is 5.57 Å². The van der Waals surface area contributed by atoms with Gasteiger partial charge >= 0.3 is 6.09 Å². The number of allylic oxidation sites excluding steroid dienone is 2. The van der Waals surface area contributed by atoms with E-state index in [0.29, 0.717) is 23.5 Å². The number of hydrogen-bond acceptors (Lipinski definition) is 3. The number of carbonyl (C=O) groups excluding carboxylic acids is 1. The van der Waals surface area contributed by atoms with E-state index in [4.69, 9.17) is 10.5 Å². The van der Waals surface area contributed by atoms with E-state index in [9.17, 15) is 9.18 Å². The van der Waals surface area contributed by atoms with E-state index in [1.165, 1.54) is 22.9 Å². The second-order valence-electron chi connectivity index (χ2n) is 8.90. The topological polar surface area (TPSA) is 65.2 Å². The average molecular weight is 392 g/mol. The Morgan fingerprint density at radius 2 is 2.14 bits per heavy atom. The molecule has 0 aliphatic heterocycles. The fourth-order valence-electron chi connectivity index (χ4n) is 6.31. The highest BCUT2D eigenvalue weighted by Crippen LogP contribution is 2.63. The molecule has 1 aromatic carbocycles. The molecule has 5 rings (SSSR count). The van der Waals surface area contributed by atoms with Gasteiger partial charge in [-0.1, -0.05) is 19.1 Å². The third-order valence-electron chi connectivity index (χ3n) is 7.51. The van der Waals surface area contributed by atoms with Crippen LogP contribution in [0.5, 0.6) is 5.75 Å². The molecule has 0 radical (unpaired) electrons. The zero-order chi connectivity index (χ0) is 20.2. The van der Waals surface area contributed by atoms with E-state index in [2.05, 4.69) is 24.1 Å². The Bertz CT molecular complexity index is 1020. The molecule has 1 saturated carbocycles. The van der Waals surface area contributed by atoms with Gasteiger partial charge in [-0.25, -0.2) is 9.18 Å². The second-order valence-corrected chi connectivity index (χ2v) is 8.90. The number of halogens is 1. The number of fused-ring (bicyclic) bond motifs is 5.